The van der Waals surface area contributed by atoms with E-state index in [2.05, 4.69) is 10.3 Å². The number of anilines is 1. The molecule has 1 aliphatic heterocycles. The summed E-state index contributed by atoms with van der Waals surface area (Å²) < 4.78 is 32.4. The first-order valence-electron chi connectivity index (χ1n) is 9.53. The van der Waals surface area contributed by atoms with Crippen LogP contribution < -0.4 is 5.32 Å². The minimum Gasteiger partial charge on any atom is -0.423 e. The van der Waals surface area contributed by atoms with Crippen LogP contribution in [0.4, 0.5) is 5.13 Å². The van der Waals surface area contributed by atoms with Crippen molar-refractivity contribution in [3.05, 3.63) is 46.6 Å². The van der Waals surface area contributed by atoms with Crippen molar-refractivity contribution in [2.45, 2.75) is 24.7 Å². The summed E-state index contributed by atoms with van der Waals surface area (Å²) in [7, 11) is 1.05. The normalized spacial score (nSPS) is 15.1. The van der Waals surface area contributed by atoms with Crippen LogP contribution in [0.5, 0.6) is 0 Å². The second kappa shape index (κ2) is 9.16. The second-order valence-electron chi connectivity index (χ2n) is 7.26. The maximum atomic E-state index is 13.1. The van der Waals surface area contributed by atoms with Gasteiger partial charge in [-0.25, -0.2) is 13.4 Å². The van der Waals surface area contributed by atoms with Crippen molar-refractivity contribution in [2.75, 3.05) is 33.0 Å². The molecule has 3 rings (SSSR count). The average Bonchev–Trinajstić information content (AvgIpc) is 3.10. The standard InChI is InChI=1S/C20H24N4O5S2/c1-13-12-21-20(30-13)22-19(26)17-18(29-16(25)10-7-11-23(2)3)14-8-5-6-9-15(14)31(27,28)24(17)4/h5-6,8-9,12H,7,10-11H2,1-4H3,(H,21,22,26). The average molecular weight is 465 g/mol. The molecule has 0 bridgehead atoms. The van der Waals surface area contributed by atoms with Crippen LogP contribution in [0.15, 0.2) is 41.1 Å². The summed E-state index contributed by atoms with van der Waals surface area (Å²) in [6, 6.07) is 6.13. The maximum Gasteiger partial charge on any atom is 0.311 e. The third kappa shape index (κ3) is 4.94. The smallest absolute Gasteiger partial charge is 0.311 e. The fourth-order valence-electron chi connectivity index (χ4n) is 3.04. The van der Waals surface area contributed by atoms with E-state index in [4.69, 9.17) is 4.74 Å². The molecule has 1 aromatic heterocycles. The van der Waals surface area contributed by atoms with E-state index in [1.807, 2.05) is 25.9 Å². The third-order valence-corrected chi connectivity index (χ3v) is 7.20. The van der Waals surface area contributed by atoms with E-state index in [0.717, 1.165) is 9.18 Å². The molecule has 1 aromatic carbocycles. The number of hydrogen-bond donors (Lipinski definition) is 1. The van der Waals surface area contributed by atoms with Gasteiger partial charge in [-0.05, 0) is 46.1 Å². The number of ether oxygens (including phenoxy) is 1. The SMILES string of the molecule is Cc1cnc(NC(=O)C2=C(OC(=O)CCCN(C)C)c3ccccc3S(=O)(=O)N2C)s1. The first-order valence-corrected chi connectivity index (χ1v) is 11.8. The lowest BCUT2D eigenvalue weighted by molar-refractivity contribution is -0.137. The zero-order valence-corrected chi connectivity index (χ0v) is 19.3. The van der Waals surface area contributed by atoms with Gasteiger partial charge in [0.2, 0.25) is 0 Å². The van der Waals surface area contributed by atoms with Crippen molar-refractivity contribution in [1.29, 1.82) is 0 Å². The summed E-state index contributed by atoms with van der Waals surface area (Å²) in [5.74, 6) is -1.37. The molecule has 11 heteroatoms. The highest BCUT2D eigenvalue weighted by Gasteiger charge is 2.39. The molecule has 0 saturated carbocycles. The first-order chi connectivity index (χ1) is 14.6. The van der Waals surface area contributed by atoms with Crippen LogP contribution in [0.1, 0.15) is 23.3 Å². The molecule has 9 nitrogen and oxygen atoms in total. The Hall–Kier alpha value is -2.76. The van der Waals surface area contributed by atoms with Gasteiger partial charge in [0, 0.05) is 30.1 Å². The number of nitrogens with zero attached hydrogens (tertiary/aromatic N) is 3. The Morgan fingerprint density at radius 1 is 1.26 bits per heavy atom. The Labute approximate surface area is 185 Å². The molecule has 0 fully saturated rings. The fraction of sp³-hybridized carbons (Fsp3) is 0.350. The molecule has 2 heterocycles. The molecular weight excluding hydrogens is 440 g/mol. The van der Waals surface area contributed by atoms with Gasteiger partial charge in [0.15, 0.2) is 16.6 Å². The number of fused-ring (bicyclic) bond motifs is 1. The first kappa shape index (κ1) is 22.9. The molecule has 1 aliphatic rings. The van der Waals surface area contributed by atoms with Gasteiger partial charge in [0.25, 0.3) is 15.9 Å². The van der Waals surface area contributed by atoms with E-state index < -0.39 is 21.9 Å². The lowest BCUT2D eigenvalue weighted by atomic mass is 10.1. The number of nitrogens with one attached hydrogen (secondary N) is 1. The number of benzene rings is 1. The molecule has 1 amide bonds. The van der Waals surface area contributed by atoms with E-state index >= 15 is 0 Å². The predicted octanol–water partition coefficient (Wildman–Crippen LogP) is 2.28. The second-order valence-corrected chi connectivity index (χ2v) is 10.4. The summed E-state index contributed by atoms with van der Waals surface area (Å²) in [5, 5.41) is 2.92. The van der Waals surface area contributed by atoms with E-state index in [1.54, 1.807) is 18.3 Å². The number of esters is 1. The number of rotatable bonds is 7. The number of aryl methyl sites for hydroxylation is 1. The third-order valence-electron chi connectivity index (χ3n) is 4.56. The minimum absolute atomic E-state index is 0.0322. The quantitative estimate of drug-likeness (QED) is 0.626. The van der Waals surface area contributed by atoms with Crippen LogP contribution in [0.3, 0.4) is 0 Å². The number of aromatic nitrogens is 1. The van der Waals surface area contributed by atoms with Gasteiger partial charge in [-0.2, -0.15) is 0 Å². The highest BCUT2D eigenvalue weighted by atomic mass is 32.2. The number of sulfonamides is 1. The topological polar surface area (TPSA) is 109 Å². The van der Waals surface area contributed by atoms with E-state index in [-0.39, 0.29) is 28.3 Å². The van der Waals surface area contributed by atoms with Crippen LogP contribution in [0, 0.1) is 6.92 Å². The summed E-state index contributed by atoms with van der Waals surface area (Å²) in [6.45, 7) is 2.52. The number of thiazole rings is 1. The highest BCUT2D eigenvalue weighted by Crippen LogP contribution is 2.37. The largest absolute Gasteiger partial charge is 0.423 e. The Morgan fingerprint density at radius 2 is 1.97 bits per heavy atom. The number of carbonyl (C=O) groups is 2. The van der Waals surface area contributed by atoms with Crippen molar-refractivity contribution >= 4 is 44.1 Å². The van der Waals surface area contributed by atoms with Crippen LogP contribution in [-0.4, -0.2) is 62.2 Å². The molecule has 1 N–H and O–H groups in total. The number of hydrogen-bond acceptors (Lipinski definition) is 8. The molecule has 0 atom stereocenters. The molecule has 0 saturated heterocycles. The van der Waals surface area contributed by atoms with Crippen molar-refractivity contribution in [1.82, 2.24) is 14.2 Å². The van der Waals surface area contributed by atoms with E-state index in [9.17, 15) is 18.0 Å². The van der Waals surface area contributed by atoms with Crippen LogP contribution in [0.25, 0.3) is 5.76 Å². The van der Waals surface area contributed by atoms with Gasteiger partial charge in [-0.1, -0.05) is 12.1 Å². The Morgan fingerprint density at radius 3 is 2.61 bits per heavy atom. The summed E-state index contributed by atoms with van der Waals surface area (Å²) in [5.41, 5.74) is -0.102. The zero-order chi connectivity index (χ0) is 22.8. The molecule has 31 heavy (non-hydrogen) atoms. The molecule has 0 aliphatic carbocycles. The minimum atomic E-state index is -4.00. The summed E-state index contributed by atoms with van der Waals surface area (Å²) >= 11 is 1.25. The van der Waals surface area contributed by atoms with Crippen molar-refractivity contribution in [3.63, 3.8) is 0 Å². The Balaban J connectivity index is 2.02. The number of amides is 1. The van der Waals surface area contributed by atoms with Crippen LogP contribution >= 0.6 is 11.3 Å². The van der Waals surface area contributed by atoms with Crippen LogP contribution in [0.2, 0.25) is 0 Å². The van der Waals surface area contributed by atoms with Crippen molar-refractivity contribution in [2.24, 2.45) is 0 Å². The van der Waals surface area contributed by atoms with Gasteiger partial charge in [0.1, 0.15) is 0 Å². The Bertz CT molecular complexity index is 1140. The fourth-order valence-corrected chi connectivity index (χ4v) is 5.09. The Kier molecular flexibility index (Phi) is 6.77. The summed E-state index contributed by atoms with van der Waals surface area (Å²) in [6.07, 6.45) is 2.28. The van der Waals surface area contributed by atoms with Gasteiger partial charge in [0.05, 0.1) is 4.90 Å². The van der Waals surface area contributed by atoms with E-state index in [0.29, 0.717) is 18.1 Å². The van der Waals surface area contributed by atoms with Gasteiger partial charge >= 0.3 is 5.97 Å². The molecule has 0 spiro atoms. The molecular formula is C20H24N4O5S2. The predicted molar refractivity (Wildman–Crippen MR) is 118 cm³/mol. The van der Waals surface area contributed by atoms with Crippen molar-refractivity contribution in [3.8, 4) is 0 Å². The highest BCUT2D eigenvalue weighted by molar-refractivity contribution is 7.89. The monoisotopic (exact) mass is 464 g/mol. The lowest BCUT2D eigenvalue weighted by Crippen LogP contribution is -2.38. The van der Waals surface area contributed by atoms with Gasteiger partial charge < -0.3 is 9.64 Å². The van der Waals surface area contributed by atoms with Crippen LogP contribution in [-0.2, 0) is 24.3 Å². The van der Waals surface area contributed by atoms with Gasteiger partial charge in [-0.15, -0.1) is 11.3 Å². The number of likely N-dealkylation sites (N-methyl/N-ethyl adjacent to an activating group) is 1. The zero-order valence-electron chi connectivity index (χ0n) is 17.7. The lowest BCUT2D eigenvalue weighted by Gasteiger charge is -2.29. The van der Waals surface area contributed by atoms with Crippen molar-refractivity contribution < 1.29 is 22.7 Å². The number of carbonyl (C=O) groups excluding carboxylic acids is 2. The van der Waals surface area contributed by atoms with E-state index in [1.165, 1.54) is 30.5 Å². The summed E-state index contributed by atoms with van der Waals surface area (Å²) in [4.78, 5) is 32.5. The molecule has 0 radical (unpaired) electrons. The molecule has 2 aromatic rings. The maximum absolute atomic E-state index is 13.1. The molecule has 166 valence electrons. The molecule has 0 unspecified atom stereocenters. The van der Waals surface area contributed by atoms with Gasteiger partial charge in [-0.3, -0.25) is 19.2 Å².